The smallest absolute Gasteiger partial charge is 0.239 e. The fraction of sp³-hybridized carbons (Fsp3) is 0.286. The van der Waals surface area contributed by atoms with Crippen molar-refractivity contribution in [1.29, 1.82) is 0 Å². The minimum absolute atomic E-state index is 0.536. The summed E-state index contributed by atoms with van der Waals surface area (Å²) in [4.78, 5) is 6.93. The molecule has 1 fully saturated rings. The van der Waals surface area contributed by atoms with Crippen LogP contribution in [0.15, 0.2) is 48.9 Å². The number of ether oxygens (including phenoxy) is 2. The molecule has 0 atom stereocenters. The molecule has 3 aromatic heterocycles. The van der Waals surface area contributed by atoms with E-state index in [9.17, 15) is 0 Å². The highest BCUT2D eigenvalue weighted by atomic mass is 16.5. The van der Waals surface area contributed by atoms with Crippen LogP contribution in [0.2, 0.25) is 0 Å². The predicted octanol–water partition coefficient (Wildman–Crippen LogP) is 2.64. The van der Waals surface area contributed by atoms with Gasteiger partial charge in [0.25, 0.3) is 0 Å². The number of morpholine rings is 1. The van der Waals surface area contributed by atoms with E-state index in [1.165, 1.54) is 5.69 Å². The van der Waals surface area contributed by atoms with Crippen molar-refractivity contribution in [3.8, 4) is 28.3 Å². The second-order valence-electron chi connectivity index (χ2n) is 7.03. The van der Waals surface area contributed by atoms with Gasteiger partial charge < -0.3 is 14.4 Å². The van der Waals surface area contributed by atoms with Crippen molar-refractivity contribution in [1.82, 2.24) is 24.4 Å². The summed E-state index contributed by atoms with van der Waals surface area (Å²) >= 11 is 0. The molecule has 0 spiro atoms. The second kappa shape index (κ2) is 7.21. The zero-order chi connectivity index (χ0) is 19.8. The maximum absolute atomic E-state index is 5.58. The Morgan fingerprint density at radius 2 is 1.93 bits per heavy atom. The summed E-state index contributed by atoms with van der Waals surface area (Å²) in [6.45, 7) is 3.32. The SMILES string of the molecule is COc1nn2c(-c3cccc(N4CCOCC4)c3)cnc2cc1-c1cnn(C)c1. The van der Waals surface area contributed by atoms with Crippen molar-refractivity contribution in [3.05, 3.63) is 48.9 Å². The number of hydrogen-bond donors (Lipinski definition) is 0. The quantitative estimate of drug-likeness (QED) is 0.534. The Hall–Kier alpha value is -3.39. The molecule has 8 heteroatoms. The number of benzene rings is 1. The lowest BCUT2D eigenvalue weighted by Crippen LogP contribution is -2.36. The Bertz CT molecular complexity index is 1160. The molecule has 8 nitrogen and oxygen atoms in total. The highest BCUT2D eigenvalue weighted by Crippen LogP contribution is 2.31. The van der Waals surface area contributed by atoms with Crippen molar-refractivity contribution in [3.63, 3.8) is 0 Å². The van der Waals surface area contributed by atoms with Crippen LogP contribution in [0.3, 0.4) is 0 Å². The van der Waals surface area contributed by atoms with Gasteiger partial charge in [-0.05, 0) is 18.2 Å². The second-order valence-corrected chi connectivity index (χ2v) is 7.03. The van der Waals surface area contributed by atoms with E-state index in [1.807, 2.05) is 30.0 Å². The molecule has 0 unspecified atom stereocenters. The van der Waals surface area contributed by atoms with Gasteiger partial charge in [0.05, 0.1) is 44.0 Å². The van der Waals surface area contributed by atoms with Crippen LogP contribution >= 0.6 is 0 Å². The Labute approximate surface area is 168 Å². The van der Waals surface area contributed by atoms with Gasteiger partial charge in [-0.15, -0.1) is 5.10 Å². The molecule has 5 rings (SSSR count). The van der Waals surface area contributed by atoms with Crippen LogP contribution in [0.5, 0.6) is 5.88 Å². The zero-order valence-electron chi connectivity index (χ0n) is 16.4. The Balaban J connectivity index is 1.58. The molecule has 29 heavy (non-hydrogen) atoms. The molecule has 1 aliphatic rings. The average Bonchev–Trinajstić information content (AvgIpc) is 3.39. The third-order valence-corrected chi connectivity index (χ3v) is 5.19. The van der Waals surface area contributed by atoms with Gasteiger partial charge in [0.2, 0.25) is 5.88 Å². The molecule has 0 amide bonds. The fourth-order valence-electron chi connectivity index (χ4n) is 3.70. The number of rotatable bonds is 4. The molecule has 1 saturated heterocycles. The molecule has 4 aromatic rings. The lowest BCUT2D eigenvalue weighted by Gasteiger charge is -2.29. The molecule has 1 aliphatic heterocycles. The molecule has 148 valence electrons. The first kappa shape index (κ1) is 17.7. The lowest BCUT2D eigenvalue weighted by atomic mass is 10.1. The number of hydrogen-bond acceptors (Lipinski definition) is 6. The molecule has 1 aromatic carbocycles. The number of anilines is 1. The third-order valence-electron chi connectivity index (χ3n) is 5.19. The maximum atomic E-state index is 5.58. The van der Waals surface area contributed by atoms with Gasteiger partial charge in [-0.25, -0.2) is 9.50 Å². The summed E-state index contributed by atoms with van der Waals surface area (Å²) in [6.07, 6.45) is 5.59. The van der Waals surface area contributed by atoms with Gasteiger partial charge in [0, 0.05) is 43.1 Å². The van der Waals surface area contributed by atoms with Crippen molar-refractivity contribution in [2.45, 2.75) is 0 Å². The number of aromatic nitrogens is 5. The Kier molecular flexibility index (Phi) is 4.40. The lowest BCUT2D eigenvalue weighted by molar-refractivity contribution is 0.122. The Morgan fingerprint density at radius 1 is 1.07 bits per heavy atom. The fourth-order valence-corrected chi connectivity index (χ4v) is 3.70. The van der Waals surface area contributed by atoms with Gasteiger partial charge in [0.1, 0.15) is 0 Å². The zero-order valence-corrected chi connectivity index (χ0v) is 16.4. The highest BCUT2D eigenvalue weighted by molar-refractivity contribution is 5.74. The molecule has 0 radical (unpaired) electrons. The van der Waals surface area contributed by atoms with Crippen LogP contribution < -0.4 is 9.64 Å². The van der Waals surface area contributed by atoms with Gasteiger partial charge in [0.15, 0.2) is 5.65 Å². The first-order valence-corrected chi connectivity index (χ1v) is 9.58. The number of imidazole rings is 1. The summed E-state index contributed by atoms with van der Waals surface area (Å²) in [7, 11) is 3.51. The van der Waals surface area contributed by atoms with Crippen LogP contribution in [-0.2, 0) is 11.8 Å². The van der Waals surface area contributed by atoms with Gasteiger partial charge >= 0.3 is 0 Å². The standard InChI is InChI=1S/C21H22N6O2/c1-25-14-16(12-23-25)18-11-20-22-13-19(27(20)24-21(18)28-2)15-4-3-5-17(10-15)26-6-8-29-9-7-26/h3-5,10-14H,6-9H2,1-2H3. The van der Waals surface area contributed by atoms with Crippen molar-refractivity contribution >= 4 is 11.3 Å². The highest BCUT2D eigenvalue weighted by Gasteiger charge is 2.17. The first-order chi connectivity index (χ1) is 14.2. The van der Waals surface area contributed by atoms with E-state index in [0.717, 1.165) is 54.3 Å². The first-order valence-electron chi connectivity index (χ1n) is 9.58. The molecule has 0 N–H and O–H groups in total. The minimum atomic E-state index is 0.536. The number of aryl methyl sites for hydroxylation is 1. The summed E-state index contributed by atoms with van der Waals surface area (Å²) in [6, 6.07) is 10.4. The largest absolute Gasteiger partial charge is 0.480 e. The van der Waals surface area contributed by atoms with Crippen molar-refractivity contribution in [2.75, 3.05) is 38.3 Å². The summed E-state index contributed by atoms with van der Waals surface area (Å²) in [5, 5.41) is 8.97. The van der Waals surface area contributed by atoms with Crippen LogP contribution in [0.1, 0.15) is 0 Å². The summed E-state index contributed by atoms with van der Waals surface area (Å²) < 4.78 is 14.6. The van der Waals surface area contributed by atoms with Crippen LogP contribution in [-0.4, -0.2) is 57.8 Å². The van der Waals surface area contributed by atoms with Gasteiger partial charge in [-0.1, -0.05) is 12.1 Å². The Morgan fingerprint density at radius 3 is 2.69 bits per heavy atom. The van der Waals surface area contributed by atoms with E-state index in [4.69, 9.17) is 14.6 Å². The monoisotopic (exact) mass is 390 g/mol. The third kappa shape index (κ3) is 3.21. The predicted molar refractivity (Wildman–Crippen MR) is 110 cm³/mol. The van der Waals surface area contributed by atoms with Gasteiger partial charge in [-0.2, -0.15) is 5.10 Å². The van der Waals surface area contributed by atoms with E-state index in [0.29, 0.717) is 5.88 Å². The molecule has 4 heterocycles. The van der Waals surface area contributed by atoms with E-state index in [2.05, 4.69) is 39.2 Å². The van der Waals surface area contributed by atoms with Crippen LogP contribution in [0.4, 0.5) is 5.69 Å². The van der Waals surface area contributed by atoms with Crippen molar-refractivity contribution < 1.29 is 9.47 Å². The van der Waals surface area contributed by atoms with Gasteiger partial charge in [-0.3, -0.25) is 4.68 Å². The van der Waals surface area contributed by atoms with E-state index in [1.54, 1.807) is 18.0 Å². The molecular formula is C21H22N6O2. The minimum Gasteiger partial charge on any atom is -0.480 e. The molecule has 0 aliphatic carbocycles. The number of nitrogens with zero attached hydrogens (tertiary/aromatic N) is 6. The average molecular weight is 390 g/mol. The normalized spacial score (nSPS) is 14.5. The maximum Gasteiger partial charge on any atom is 0.239 e. The summed E-state index contributed by atoms with van der Waals surface area (Å²) in [5.74, 6) is 0.536. The number of fused-ring (bicyclic) bond motifs is 1. The summed E-state index contributed by atoms with van der Waals surface area (Å²) in [5.41, 5.74) is 5.73. The van der Waals surface area contributed by atoms with Crippen molar-refractivity contribution in [2.24, 2.45) is 7.05 Å². The van der Waals surface area contributed by atoms with E-state index in [-0.39, 0.29) is 0 Å². The van der Waals surface area contributed by atoms with Crippen LogP contribution in [0.25, 0.3) is 28.0 Å². The molecule has 0 saturated carbocycles. The van der Waals surface area contributed by atoms with E-state index >= 15 is 0 Å². The number of methoxy groups -OCH3 is 1. The topological polar surface area (TPSA) is 69.7 Å². The molecular weight excluding hydrogens is 368 g/mol. The molecule has 0 bridgehead atoms. The van der Waals surface area contributed by atoms with Crippen LogP contribution in [0, 0.1) is 0 Å². The van der Waals surface area contributed by atoms with E-state index < -0.39 is 0 Å².